The first kappa shape index (κ1) is 16.8. The van der Waals surface area contributed by atoms with Crippen LogP contribution < -0.4 is 15.8 Å². The van der Waals surface area contributed by atoms with Crippen molar-refractivity contribution in [2.75, 3.05) is 12.4 Å². The zero-order valence-electron chi connectivity index (χ0n) is 14.9. The predicted octanol–water partition coefficient (Wildman–Crippen LogP) is 2.12. The molecule has 0 spiro atoms. The molecule has 0 saturated heterocycles. The number of aromatic nitrogens is 4. The molecule has 136 valence electrons. The number of pyridine rings is 1. The van der Waals surface area contributed by atoms with Crippen molar-refractivity contribution in [1.82, 2.24) is 19.7 Å². The van der Waals surface area contributed by atoms with Gasteiger partial charge in [0.05, 0.1) is 12.7 Å². The van der Waals surface area contributed by atoms with Crippen molar-refractivity contribution in [2.45, 2.75) is 13.0 Å². The van der Waals surface area contributed by atoms with E-state index in [0.717, 1.165) is 11.1 Å². The molecule has 0 aliphatic carbocycles. The number of fused-ring (bicyclic) bond motifs is 1. The Balaban J connectivity index is 1.92. The second-order valence-corrected chi connectivity index (χ2v) is 6.12. The molecule has 3 N–H and O–H groups in total. The SMILES string of the molecule is COc1ccccc1[C@H]1C(C(N)=O)=C(C)Nc2nc(-c3cccnc3)nn21. The molecular formula is C19H18N6O2. The number of carbonyl (C=O) groups excluding carboxylic acids is 1. The van der Waals surface area contributed by atoms with E-state index in [2.05, 4.69) is 20.4 Å². The van der Waals surface area contributed by atoms with Gasteiger partial charge in [0, 0.05) is 29.2 Å². The monoisotopic (exact) mass is 362 g/mol. The number of hydrogen-bond acceptors (Lipinski definition) is 6. The Labute approximate surface area is 155 Å². The zero-order chi connectivity index (χ0) is 19.0. The van der Waals surface area contributed by atoms with Crippen molar-refractivity contribution >= 4 is 11.9 Å². The van der Waals surface area contributed by atoms with E-state index in [1.165, 1.54) is 0 Å². The Morgan fingerprint density at radius 1 is 1.26 bits per heavy atom. The van der Waals surface area contributed by atoms with Crippen molar-refractivity contribution in [2.24, 2.45) is 5.73 Å². The number of methoxy groups -OCH3 is 1. The molecule has 2 aromatic heterocycles. The molecule has 0 saturated carbocycles. The first-order valence-electron chi connectivity index (χ1n) is 8.37. The summed E-state index contributed by atoms with van der Waals surface area (Å²) >= 11 is 0. The lowest BCUT2D eigenvalue weighted by Gasteiger charge is -2.28. The third-order valence-electron chi connectivity index (χ3n) is 4.47. The summed E-state index contributed by atoms with van der Waals surface area (Å²) in [5, 5.41) is 7.75. The van der Waals surface area contributed by atoms with Crippen LogP contribution in [0.3, 0.4) is 0 Å². The summed E-state index contributed by atoms with van der Waals surface area (Å²) in [6, 6.07) is 10.6. The van der Waals surface area contributed by atoms with Gasteiger partial charge in [-0.25, -0.2) is 4.68 Å². The smallest absolute Gasteiger partial charge is 0.248 e. The molecule has 1 aromatic carbocycles. The van der Waals surface area contributed by atoms with E-state index in [4.69, 9.17) is 10.5 Å². The van der Waals surface area contributed by atoms with Gasteiger partial charge in [0.25, 0.3) is 0 Å². The van der Waals surface area contributed by atoms with Crippen LogP contribution in [-0.2, 0) is 4.79 Å². The third kappa shape index (κ3) is 2.80. The molecule has 27 heavy (non-hydrogen) atoms. The van der Waals surface area contributed by atoms with Crippen LogP contribution in [0.2, 0.25) is 0 Å². The molecule has 3 aromatic rings. The van der Waals surface area contributed by atoms with E-state index in [1.54, 1.807) is 31.1 Å². The Hall–Kier alpha value is -3.68. The number of benzene rings is 1. The maximum atomic E-state index is 12.2. The number of ether oxygens (including phenoxy) is 1. The molecule has 3 heterocycles. The van der Waals surface area contributed by atoms with Crippen molar-refractivity contribution in [3.05, 3.63) is 65.6 Å². The molecule has 8 heteroatoms. The maximum Gasteiger partial charge on any atom is 0.248 e. The highest BCUT2D eigenvalue weighted by atomic mass is 16.5. The van der Waals surface area contributed by atoms with E-state index in [9.17, 15) is 4.79 Å². The number of rotatable bonds is 4. The summed E-state index contributed by atoms with van der Waals surface area (Å²) in [4.78, 5) is 20.9. The number of anilines is 1. The quantitative estimate of drug-likeness (QED) is 0.736. The second kappa shape index (κ2) is 6.56. The lowest BCUT2D eigenvalue weighted by atomic mass is 9.94. The van der Waals surface area contributed by atoms with Gasteiger partial charge in [-0.3, -0.25) is 9.78 Å². The topological polar surface area (TPSA) is 108 Å². The van der Waals surface area contributed by atoms with E-state index >= 15 is 0 Å². The van der Waals surface area contributed by atoms with E-state index in [0.29, 0.717) is 28.8 Å². The minimum Gasteiger partial charge on any atom is -0.496 e. The number of nitrogens with one attached hydrogen (secondary N) is 1. The van der Waals surface area contributed by atoms with Gasteiger partial charge in [-0.2, -0.15) is 4.98 Å². The summed E-state index contributed by atoms with van der Waals surface area (Å²) in [7, 11) is 1.59. The normalized spacial score (nSPS) is 15.9. The van der Waals surface area contributed by atoms with Crippen molar-refractivity contribution in [3.63, 3.8) is 0 Å². The molecule has 4 rings (SSSR count). The van der Waals surface area contributed by atoms with Crippen LogP contribution in [0.4, 0.5) is 5.95 Å². The van der Waals surface area contributed by atoms with Gasteiger partial charge in [-0.05, 0) is 25.1 Å². The fraction of sp³-hybridized carbons (Fsp3) is 0.158. The molecule has 0 radical (unpaired) electrons. The lowest BCUT2D eigenvalue weighted by molar-refractivity contribution is -0.115. The highest BCUT2D eigenvalue weighted by Crippen LogP contribution is 2.39. The Bertz CT molecular complexity index is 1040. The standard InChI is InChI=1S/C19H18N6O2/c1-11-15(17(20)26)16(13-7-3-4-8-14(13)27-2)25-19(22-11)23-18(24-25)12-6-5-9-21-10-12/h3-10,16H,1-2H3,(H2,20,26)(H,22,23,24)/t16-/m0/s1. The summed E-state index contributed by atoms with van der Waals surface area (Å²) in [5.41, 5.74) is 8.30. The number of amides is 1. The van der Waals surface area contributed by atoms with Crippen LogP contribution in [0.25, 0.3) is 11.4 Å². The van der Waals surface area contributed by atoms with Gasteiger partial charge >= 0.3 is 0 Å². The van der Waals surface area contributed by atoms with Crippen LogP contribution in [-0.4, -0.2) is 32.8 Å². The number of hydrogen-bond donors (Lipinski definition) is 2. The van der Waals surface area contributed by atoms with Gasteiger partial charge in [-0.1, -0.05) is 18.2 Å². The Morgan fingerprint density at radius 2 is 2.07 bits per heavy atom. The van der Waals surface area contributed by atoms with Gasteiger partial charge in [0.2, 0.25) is 11.9 Å². The predicted molar refractivity (Wildman–Crippen MR) is 99.9 cm³/mol. The van der Waals surface area contributed by atoms with E-state index in [1.807, 2.05) is 36.4 Å². The lowest BCUT2D eigenvalue weighted by Crippen LogP contribution is -2.32. The molecule has 1 atom stereocenters. The van der Waals surface area contributed by atoms with Gasteiger partial charge in [0.15, 0.2) is 5.82 Å². The van der Waals surface area contributed by atoms with Gasteiger partial charge < -0.3 is 15.8 Å². The number of primary amides is 1. The van der Waals surface area contributed by atoms with Crippen molar-refractivity contribution < 1.29 is 9.53 Å². The minimum absolute atomic E-state index is 0.412. The minimum atomic E-state index is -0.548. The van der Waals surface area contributed by atoms with Crippen LogP contribution in [0.15, 0.2) is 60.1 Å². The van der Waals surface area contributed by atoms with Crippen LogP contribution in [0.5, 0.6) is 5.75 Å². The van der Waals surface area contributed by atoms with Crippen LogP contribution in [0, 0.1) is 0 Å². The third-order valence-corrected chi connectivity index (χ3v) is 4.47. The Kier molecular flexibility index (Phi) is 4.08. The second-order valence-electron chi connectivity index (χ2n) is 6.12. The Morgan fingerprint density at radius 3 is 2.78 bits per heavy atom. The fourth-order valence-electron chi connectivity index (χ4n) is 3.27. The van der Waals surface area contributed by atoms with E-state index < -0.39 is 11.9 Å². The maximum absolute atomic E-state index is 12.2. The first-order chi connectivity index (χ1) is 13.1. The average Bonchev–Trinajstić information content (AvgIpc) is 3.11. The summed E-state index contributed by atoms with van der Waals surface area (Å²) in [6.07, 6.45) is 3.38. The van der Waals surface area contributed by atoms with Gasteiger partial charge in [0.1, 0.15) is 11.8 Å². The van der Waals surface area contributed by atoms with Crippen molar-refractivity contribution in [3.8, 4) is 17.1 Å². The zero-order valence-corrected chi connectivity index (χ0v) is 14.9. The fourth-order valence-corrected chi connectivity index (χ4v) is 3.27. The molecule has 0 fully saturated rings. The summed E-state index contributed by atoms with van der Waals surface area (Å²) in [6.45, 7) is 1.80. The molecule has 0 unspecified atom stereocenters. The molecular weight excluding hydrogens is 344 g/mol. The summed E-state index contributed by atoms with van der Waals surface area (Å²) < 4.78 is 7.16. The van der Waals surface area contributed by atoms with E-state index in [-0.39, 0.29) is 0 Å². The largest absolute Gasteiger partial charge is 0.496 e. The molecule has 1 aliphatic rings. The molecule has 8 nitrogen and oxygen atoms in total. The van der Waals surface area contributed by atoms with Crippen LogP contribution >= 0.6 is 0 Å². The van der Waals surface area contributed by atoms with Crippen molar-refractivity contribution in [1.29, 1.82) is 0 Å². The highest BCUT2D eigenvalue weighted by molar-refractivity contribution is 5.95. The summed E-state index contributed by atoms with van der Waals surface area (Å²) in [5.74, 6) is 1.14. The molecule has 0 bridgehead atoms. The highest BCUT2D eigenvalue weighted by Gasteiger charge is 2.34. The van der Waals surface area contributed by atoms with Gasteiger partial charge in [-0.15, -0.1) is 5.10 Å². The van der Waals surface area contributed by atoms with Crippen LogP contribution in [0.1, 0.15) is 18.5 Å². The number of para-hydroxylation sites is 1. The molecule has 1 aliphatic heterocycles. The molecule has 1 amide bonds. The number of carbonyl (C=O) groups is 1. The average molecular weight is 362 g/mol. The number of nitrogens with two attached hydrogens (primary N) is 1. The first-order valence-corrected chi connectivity index (χ1v) is 8.37. The number of nitrogens with zero attached hydrogens (tertiary/aromatic N) is 4. The number of allylic oxidation sites excluding steroid dienone is 1.